The summed E-state index contributed by atoms with van der Waals surface area (Å²) >= 11 is 11.9. The number of ketones is 1. The fourth-order valence-corrected chi connectivity index (χ4v) is 3.59. The van der Waals surface area contributed by atoms with Crippen molar-refractivity contribution in [2.75, 3.05) is 0 Å². The van der Waals surface area contributed by atoms with Gasteiger partial charge in [0, 0.05) is 38.3 Å². The smallest absolute Gasteiger partial charge is 0.323 e. The first-order valence-electron chi connectivity index (χ1n) is 8.83. The average Bonchev–Trinajstić information content (AvgIpc) is 3.05. The molecule has 0 unspecified atom stereocenters. The maximum absolute atomic E-state index is 13.1. The Morgan fingerprint density at radius 1 is 0.828 bits per heavy atom. The van der Waals surface area contributed by atoms with Crippen LogP contribution < -0.4 is 0 Å². The Labute approximate surface area is 176 Å². The van der Waals surface area contributed by atoms with E-state index in [0.29, 0.717) is 32.1 Å². The number of carbonyl (C=O) groups is 2. The zero-order chi connectivity index (χ0) is 20.5. The van der Waals surface area contributed by atoms with Crippen LogP contribution in [0, 0.1) is 0 Å². The van der Waals surface area contributed by atoms with E-state index in [9.17, 15) is 14.7 Å². The van der Waals surface area contributed by atoms with Crippen molar-refractivity contribution in [1.29, 1.82) is 0 Å². The first-order valence-corrected chi connectivity index (χ1v) is 9.59. The van der Waals surface area contributed by atoms with E-state index in [1.807, 2.05) is 30.3 Å². The lowest BCUT2D eigenvalue weighted by molar-refractivity contribution is -0.137. The highest BCUT2D eigenvalue weighted by molar-refractivity contribution is 6.31. The van der Waals surface area contributed by atoms with Crippen molar-refractivity contribution in [3.05, 3.63) is 94.1 Å². The topological polar surface area (TPSA) is 59.3 Å². The molecule has 0 bridgehead atoms. The largest absolute Gasteiger partial charge is 0.480 e. The summed E-state index contributed by atoms with van der Waals surface area (Å²) in [6.45, 7) is -0.231. The fourth-order valence-electron chi connectivity index (χ4n) is 3.33. The Bertz CT molecular complexity index is 1230. The maximum Gasteiger partial charge on any atom is 0.323 e. The second kappa shape index (κ2) is 7.74. The van der Waals surface area contributed by atoms with Crippen LogP contribution in [0.2, 0.25) is 10.0 Å². The molecule has 4 rings (SSSR count). The van der Waals surface area contributed by atoms with Gasteiger partial charge in [-0.2, -0.15) is 0 Å². The summed E-state index contributed by atoms with van der Waals surface area (Å²) in [5.74, 6) is -1.17. The van der Waals surface area contributed by atoms with Gasteiger partial charge in [0.2, 0.25) is 0 Å². The number of halogens is 2. The highest BCUT2D eigenvalue weighted by Gasteiger charge is 2.18. The molecule has 0 atom stereocenters. The number of fused-ring (bicyclic) bond motifs is 1. The molecular weight excluding hydrogens is 409 g/mol. The average molecular weight is 424 g/mol. The Hall–Kier alpha value is -3.08. The van der Waals surface area contributed by atoms with Crippen LogP contribution in [0.25, 0.3) is 22.0 Å². The second-order valence-electron chi connectivity index (χ2n) is 6.64. The zero-order valence-electron chi connectivity index (χ0n) is 15.1. The van der Waals surface area contributed by atoms with Gasteiger partial charge in [-0.25, -0.2) is 0 Å². The second-order valence-corrected chi connectivity index (χ2v) is 7.51. The highest BCUT2D eigenvalue weighted by Crippen LogP contribution is 2.30. The number of hydrogen-bond acceptors (Lipinski definition) is 2. The van der Waals surface area contributed by atoms with Gasteiger partial charge >= 0.3 is 5.97 Å². The first kappa shape index (κ1) is 19.2. The molecule has 0 saturated carbocycles. The van der Waals surface area contributed by atoms with Crippen LogP contribution in [0.4, 0.5) is 0 Å². The number of carbonyl (C=O) groups excluding carboxylic acids is 1. The van der Waals surface area contributed by atoms with Gasteiger partial charge in [0.15, 0.2) is 5.78 Å². The molecule has 0 radical (unpaired) electrons. The van der Waals surface area contributed by atoms with E-state index in [2.05, 4.69) is 0 Å². The zero-order valence-corrected chi connectivity index (χ0v) is 16.6. The van der Waals surface area contributed by atoms with Gasteiger partial charge in [-0.1, -0.05) is 41.4 Å². The Morgan fingerprint density at radius 2 is 1.41 bits per heavy atom. The Morgan fingerprint density at radius 3 is 2.03 bits per heavy atom. The maximum atomic E-state index is 13.1. The molecule has 0 spiro atoms. The lowest BCUT2D eigenvalue weighted by atomic mass is 9.99. The first-order chi connectivity index (χ1) is 13.9. The van der Waals surface area contributed by atoms with Crippen LogP contribution in [0.1, 0.15) is 15.9 Å². The number of hydrogen-bond donors (Lipinski definition) is 1. The summed E-state index contributed by atoms with van der Waals surface area (Å²) < 4.78 is 1.58. The van der Waals surface area contributed by atoms with Crippen LogP contribution in [-0.4, -0.2) is 21.4 Å². The molecule has 1 heterocycles. The number of rotatable bonds is 5. The van der Waals surface area contributed by atoms with Gasteiger partial charge < -0.3 is 9.67 Å². The van der Waals surface area contributed by atoms with Gasteiger partial charge in [-0.15, -0.1) is 0 Å². The normalized spacial score (nSPS) is 11.0. The number of carboxylic acids is 1. The third-order valence-corrected chi connectivity index (χ3v) is 5.22. The Balaban J connectivity index is 1.88. The standard InChI is InChI=1S/C23H15Cl2NO3/c24-17-6-1-14(2-7-17)16-5-10-21-19(11-16)20(12-26(21)13-22(27)28)23(29)15-3-8-18(25)9-4-15/h1-12H,13H2,(H,27,28). The van der Waals surface area contributed by atoms with Crippen LogP contribution in [0.5, 0.6) is 0 Å². The van der Waals surface area contributed by atoms with Gasteiger partial charge in [-0.3, -0.25) is 9.59 Å². The molecule has 0 fully saturated rings. The number of aromatic nitrogens is 1. The molecule has 4 aromatic rings. The van der Waals surface area contributed by atoms with E-state index < -0.39 is 5.97 Å². The lowest BCUT2D eigenvalue weighted by Crippen LogP contribution is -2.07. The van der Waals surface area contributed by atoms with Crippen molar-refractivity contribution >= 4 is 45.9 Å². The summed E-state index contributed by atoms with van der Waals surface area (Å²) in [7, 11) is 0. The minimum Gasteiger partial charge on any atom is -0.480 e. The SMILES string of the molecule is O=C(O)Cn1cc(C(=O)c2ccc(Cl)cc2)c2cc(-c3ccc(Cl)cc3)ccc21. The molecule has 0 saturated heterocycles. The van der Waals surface area contributed by atoms with Gasteiger partial charge in [0.05, 0.1) is 0 Å². The fraction of sp³-hybridized carbons (Fsp3) is 0.0435. The molecule has 1 aromatic heterocycles. The minimum atomic E-state index is -0.978. The van der Waals surface area contributed by atoms with Gasteiger partial charge in [0.25, 0.3) is 0 Å². The van der Waals surface area contributed by atoms with Crippen molar-refractivity contribution < 1.29 is 14.7 Å². The van der Waals surface area contributed by atoms with E-state index in [4.69, 9.17) is 23.2 Å². The molecule has 144 valence electrons. The quantitative estimate of drug-likeness (QED) is 0.404. The van der Waals surface area contributed by atoms with Gasteiger partial charge in [-0.05, 0) is 59.7 Å². The molecule has 0 aliphatic heterocycles. The van der Waals surface area contributed by atoms with Crippen LogP contribution in [-0.2, 0) is 11.3 Å². The van der Waals surface area contributed by atoms with E-state index in [1.165, 1.54) is 0 Å². The van der Waals surface area contributed by atoms with Crippen molar-refractivity contribution in [2.24, 2.45) is 0 Å². The summed E-state index contributed by atoms with van der Waals surface area (Å²) in [6.07, 6.45) is 1.60. The molecule has 0 aliphatic rings. The molecule has 29 heavy (non-hydrogen) atoms. The van der Waals surface area contributed by atoms with Crippen molar-refractivity contribution in [2.45, 2.75) is 6.54 Å². The monoisotopic (exact) mass is 423 g/mol. The van der Waals surface area contributed by atoms with E-state index in [-0.39, 0.29) is 12.3 Å². The van der Waals surface area contributed by atoms with E-state index >= 15 is 0 Å². The van der Waals surface area contributed by atoms with Crippen LogP contribution in [0.15, 0.2) is 72.9 Å². The lowest BCUT2D eigenvalue weighted by Gasteiger charge is -2.05. The molecule has 6 heteroatoms. The van der Waals surface area contributed by atoms with Crippen LogP contribution >= 0.6 is 23.2 Å². The van der Waals surface area contributed by atoms with Crippen molar-refractivity contribution in [1.82, 2.24) is 4.57 Å². The number of benzene rings is 3. The predicted molar refractivity (Wildman–Crippen MR) is 115 cm³/mol. The highest BCUT2D eigenvalue weighted by atomic mass is 35.5. The third-order valence-electron chi connectivity index (χ3n) is 4.72. The van der Waals surface area contributed by atoms with Crippen LogP contribution in [0.3, 0.4) is 0 Å². The summed E-state index contributed by atoms with van der Waals surface area (Å²) in [5.41, 5.74) is 3.47. The number of nitrogens with zero attached hydrogens (tertiary/aromatic N) is 1. The number of carboxylic acid groups (broad SMARTS) is 1. The Kier molecular flexibility index (Phi) is 5.14. The molecule has 1 N–H and O–H groups in total. The number of aliphatic carboxylic acids is 1. The third kappa shape index (κ3) is 3.90. The molecule has 0 aliphatic carbocycles. The summed E-state index contributed by atoms with van der Waals surface area (Å²) in [5, 5.41) is 11.1. The van der Waals surface area contributed by atoms with Crippen molar-refractivity contribution in [3.8, 4) is 11.1 Å². The van der Waals surface area contributed by atoms with Gasteiger partial charge in [0.1, 0.15) is 6.54 Å². The molecule has 3 aromatic carbocycles. The predicted octanol–water partition coefficient (Wildman–Crippen LogP) is 5.93. The van der Waals surface area contributed by atoms with E-state index in [1.54, 1.807) is 47.2 Å². The minimum absolute atomic E-state index is 0.191. The molecule has 4 nitrogen and oxygen atoms in total. The summed E-state index contributed by atoms with van der Waals surface area (Å²) in [6, 6.07) is 19.7. The summed E-state index contributed by atoms with van der Waals surface area (Å²) in [4.78, 5) is 24.4. The van der Waals surface area contributed by atoms with E-state index in [0.717, 1.165) is 11.1 Å². The molecule has 0 amide bonds. The molecular formula is C23H15Cl2NO3. The van der Waals surface area contributed by atoms with Crippen molar-refractivity contribution in [3.63, 3.8) is 0 Å².